The summed E-state index contributed by atoms with van der Waals surface area (Å²) in [5.41, 5.74) is 0. The maximum Gasteiger partial charge on any atom is 0.257 e. The minimum atomic E-state index is 0.161. The van der Waals surface area contributed by atoms with Crippen LogP contribution in [-0.4, -0.2) is 53.6 Å². The van der Waals surface area contributed by atoms with Gasteiger partial charge in [-0.05, 0) is 24.8 Å². The molecule has 0 bridgehead atoms. The second kappa shape index (κ2) is 7.61. The van der Waals surface area contributed by atoms with Crippen LogP contribution >= 0.6 is 11.3 Å². The zero-order valence-corrected chi connectivity index (χ0v) is 14.8. The number of rotatable bonds is 6. The smallest absolute Gasteiger partial charge is 0.257 e. The number of aromatic nitrogens is 2. The molecule has 7 heteroatoms. The number of thiophene rings is 1. The monoisotopic (exact) mass is 346 g/mol. The molecule has 6 nitrogen and oxygen atoms in total. The fraction of sp³-hybridized carbons (Fsp3) is 0.471. The first kappa shape index (κ1) is 16.7. The Morgan fingerprint density at radius 3 is 3.04 bits per heavy atom. The molecular weight excluding hydrogens is 324 g/mol. The molecule has 3 heterocycles. The van der Waals surface area contributed by atoms with Crippen LogP contribution in [0, 0.1) is 0 Å². The van der Waals surface area contributed by atoms with Crippen LogP contribution in [-0.2, 0) is 11.2 Å². The van der Waals surface area contributed by atoms with Crippen molar-refractivity contribution in [2.75, 3.05) is 31.6 Å². The Balaban J connectivity index is 1.63. The van der Waals surface area contributed by atoms with Crippen molar-refractivity contribution in [3.05, 3.63) is 34.8 Å². The fourth-order valence-electron chi connectivity index (χ4n) is 2.91. The molecule has 3 rings (SSSR count). The van der Waals surface area contributed by atoms with Gasteiger partial charge in [-0.1, -0.05) is 6.07 Å². The second-order valence-electron chi connectivity index (χ2n) is 5.77. The van der Waals surface area contributed by atoms with Crippen molar-refractivity contribution < 1.29 is 9.53 Å². The predicted octanol–water partition coefficient (Wildman–Crippen LogP) is 2.22. The summed E-state index contributed by atoms with van der Waals surface area (Å²) in [6.45, 7) is 4.09. The molecule has 2 aromatic heterocycles. The van der Waals surface area contributed by atoms with E-state index in [4.69, 9.17) is 4.74 Å². The van der Waals surface area contributed by atoms with Crippen molar-refractivity contribution in [1.82, 2.24) is 14.9 Å². The van der Waals surface area contributed by atoms with Crippen LogP contribution in [0.5, 0.6) is 5.88 Å². The van der Waals surface area contributed by atoms with Crippen molar-refractivity contribution in [2.45, 2.75) is 25.8 Å². The maximum atomic E-state index is 12.5. The van der Waals surface area contributed by atoms with Crippen molar-refractivity contribution in [2.24, 2.45) is 0 Å². The molecule has 0 spiro atoms. The number of carbonyl (C=O) groups is 1. The molecule has 1 aliphatic heterocycles. The summed E-state index contributed by atoms with van der Waals surface area (Å²) in [7, 11) is 1.89. The van der Waals surface area contributed by atoms with Gasteiger partial charge in [0.15, 0.2) is 5.82 Å². The standard InChI is InChI=1S/C17H22N4O2S/c1-3-23-17-16(18-7-8-19-17)21-9-6-13(12-21)20(2)15(22)11-14-5-4-10-24-14/h4-5,7-8,10,13H,3,6,9,11-12H2,1-2H3. The highest BCUT2D eigenvalue weighted by Crippen LogP contribution is 2.27. The fourth-order valence-corrected chi connectivity index (χ4v) is 3.61. The molecule has 128 valence electrons. The van der Waals surface area contributed by atoms with Crippen molar-refractivity contribution in [3.8, 4) is 5.88 Å². The Morgan fingerprint density at radius 2 is 2.29 bits per heavy atom. The van der Waals surface area contributed by atoms with Gasteiger partial charge < -0.3 is 14.5 Å². The predicted molar refractivity (Wildman–Crippen MR) is 94.6 cm³/mol. The summed E-state index contributed by atoms with van der Waals surface area (Å²) in [5, 5.41) is 2.00. The lowest BCUT2D eigenvalue weighted by atomic mass is 10.2. The number of likely N-dealkylation sites (N-methyl/N-ethyl adjacent to an activating group) is 1. The third kappa shape index (κ3) is 3.67. The zero-order valence-electron chi connectivity index (χ0n) is 14.0. The third-order valence-electron chi connectivity index (χ3n) is 4.24. The number of anilines is 1. The average Bonchev–Trinajstić information content (AvgIpc) is 3.26. The highest BCUT2D eigenvalue weighted by Gasteiger charge is 2.30. The molecule has 0 aliphatic carbocycles. The molecule has 1 aliphatic rings. The first-order valence-electron chi connectivity index (χ1n) is 8.15. The van der Waals surface area contributed by atoms with Gasteiger partial charge >= 0.3 is 0 Å². The van der Waals surface area contributed by atoms with Gasteiger partial charge in [0.05, 0.1) is 19.1 Å². The molecule has 0 radical (unpaired) electrons. The largest absolute Gasteiger partial charge is 0.475 e. The molecule has 0 saturated carbocycles. The molecule has 1 fully saturated rings. The van der Waals surface area contributed by atoms with Crippen LogP contribution in [0.2, 0.25) is 0 Å². The van der Waals surface area contributed by atoms with E-state index in [1.807, 2.05) is 36.4 Å². The lowest BCUT2D eigenvalue weighted by Gasteiger charge is -2.25. The zero-order chi connectivity index (χ0) is 16.9. The van der Waals surface area contributed by atoms with E-state index in [9.17, 15) is 4.79 Å². The average molecular weight is 346 g/mol. The molecule has 1 unspecified atom stereocenters. The van der Waals surface area contributed by atoms with Gasteiger partial charge in [0.1, 0.15) is 0 Å². The van der Waals surface area contributed by atoms with Gasteiger partial charge in [-0.3, -0.25) is 4.79 Å². The van der Waals surface area contributed by atoms with Crippen LogP contribution in [0.4, 0.5) is 5.82 Å². The molecule has 1 amide bonds. The van der Waals surface area contributed by atoms with Crippen LogP contribution < -0.4 is 9.64 Å². The summed E-state index contributed by atoms with van der Waals surface area (Å²) in [6, 6.07) is 4.17. The van der Waals surface area contributed by atoms with E-state index in [1.165, 1.54) is 0 Å². The molecule has 1 saturated heterocycles. The number of hydrogen-bond acceptors (Lipinski definition) is 6. The van der Waals surface area contributed by atoms with E-state index in [1.54, 1.807) is 23.7 Å². The molecular formula is C17H22N4O2S. The number of hydrogen-bond donors (Lipinski definition) is 0. The number of amides is 1. The molecule has 24 heavy (non-hydrogen) atoms. The Labute approximate surface area is 146 Å². The first-order chi connectivity index (χ1) is 11.7. The van der Waals surface area contributed by atoms with Crippen LogP contribution in [0.3, 0.4) is 0 Å². The summed E-state index contributed by atoms with van der Waals surface area (Å²) < 4.78 is 5.57. The van der Waals surface area contributed by atoms with E-state index < -0.39 is 0 Å². The molecule has 0 aromatic carbocycles. The molecule has 2 aromatic rings. The quantitative estimate of drug-likeness (QED) is 0.803. The van der Waals surface area contributed by atoms with Gasteiger partial charge in [-0.15, -0.1) is 11.3 Å². The lowest BCUT2D eigenvalue weighted by molar-refractivity contribution is -0.130. The van der Waals surface area contributed by atoms with Gasteiger partial charge in [-0.2, -0.15) is 0 Å². The minimum absolute atomic E-state index is 0.161. The van der Waals surface area contributed by atoms with Crippen LogP contribution in [0.1, 0.15) is 18.2 Å². The topological polar surface area (TPSA) is 58.6 Å². The molecule has 1 atom stereocenters. The van der Waals surface area contributed by atoms with E-state index in [2.05, 4.69) is 14.9 Å². The van der Waals surface area contributed by atoms with E-state index in [0.29, 0.717) is 18.9 Å². The van der Waals surface area contributed by atoms with Crippen LogP contribution in [0.25, 0.3) is 0 Å². The normalized spacial score (nSPS) is 17.1. The first-order valence-corrected chi connectivity index (χ1v) is 9.03. The van der Waals surface area contributed by atoms with E-state index >= 15 is 0 Å². The van der Waals surface area contributed by atoms with Gasteiger partial charge in [0, 0.05) is 37.4 Å². The van der Waals surface area contributed by atoms with E-state index in [0.717, 1.165) is 30.2 Å². The Bertz CT molecular complexity index is 677. The Hall–Kier alpha value is -2.15. The SMILES string of the molecule is CCOc1nccnc1N1CCC(N(C)C(=O)Cc2cccs2)C1. The molecule has 0 N–H and O–H groups in total. The van der Waals surface area contributed by atoms with Gasteiger partial charge in [0.2, 0.25) is 5.91 Å². The van der Waals surface area contributed by atoms with Gasteiger partial charge in [-0.25, -0.2) is 9.97 Å². The number of nitrogens with zero attached hydrogens (tertiary/aromatic N) is 4. The maximum absolute atomic E-state index is 12.5. The van der Waals surface area contributed by atoms with Gasteiger partial charge in [0.25, 0.3) is 5.88 Å². The Morgan fingerprint density at radius 1 is 1.46 bits per heavy atom. The van der Waals surface area contributed by atoms with E-state index in [-0.39, 0.29) is 11.9 Å². The third-order valence-corrected chi connectivity index (χ3v) is 5.11. The summed E-state index contributed by atoms with van der Waals surface area (Å²) in [6.07, 6.45) is 4.71. The number of carbonyl (C=O) groups excluding carboxylic acids is 1. The highest BCUT2D eigenvalue weighted by atomic mass is 32.1. The highest BCUT2D eigenvalue weighted by molar-refractivity contribution is 7.10. The van der Waals surface area contributed by atoms with Crippen molar-refractivity contribution >= 4 is 23.1 Å². The minimum Gasteiger partial charge on any atom is -0.475 e. The van der Waals surface area contributed by atoms with Crippen molar-refractivity contribution in [1.29, 1.82) is 0 Å². The number of ether oxygens (including phenoxy) is 1. The second-order valence-corrected chi connectivity index (χ2v) is 6.80. The summed E-state index contributed by atoms with van der Waals surface area (Å²) in [4.78, 5) is 26.3. The van der Waals surface area contributed by atoms with Crippen LogP contribution in [0.15, 0.2) is 29.9 Å². The summed E-state index contributed by atoms with van der Waals surface area (Å²) in [5.74, 6) is 1.49. The van der Waals surface area contributed by atoms with Crippen molar-refractivity contribution in [3.63, 3.8) is 0 Å². The Kier molecular flexibility index (Phi) is 5.30. The summed E-state index contributed by atoms with van der Waals surface area (Å²) >= 11 is 1.62. The lowest BCUT2D eigenvalue weighted by Crippen LogP contribution is -2.39.